The SMILES string of the molecule is O=C(Nc1cncc(C#Cc2cnc3cccnn23)c1)N1N=C(OC(=O)C(F)(F)F)CC1c1ccccc1. The second-order valence-corrected chi connectivity index (χ2v) is 7.94. The Kier molecular flexibility index (Phi) is 6.44. The number of amides is 2. The number of imidazole rings is 1. The molecule has 13 heteroatoms. The molecule has 2 amide bonds. The lowest BCUT2D eigenvalue weighted by atomic mass is 10.0. The Morgan fingerprint density at radius 3 is 2.66 bits per heavy atom. The van der Waals surface area contributed by atoms with Crippen LogP contribution < -0.4 is 5.32 Å². The minimum absolute atomic E-state index is 0.226. The number of esters is 1. The fourth-order valence-corrected chi connectivity index (χ4v) is 3.64. The quantitative estimate of drug-likeness (QED) is 0.317. The molecule has 1 aromatic carbocycles. The first-order valence-corrected chi connectivity index (χ1v) is 11.1. The minimum atomic E-state index is -5.20. The molecule has 10 nitrogen and oxygen atoms in total. The lowest BCUT2D eigenvalue weighted by molar-refractivity contribution is -0.191. The molecule has 5 rings (SSSR count). The van der Waals surface area contributed by atoms with Crippen LogP contribution in [-0.4, -0.2) is 48.7 Å². The van der Waals surface area contributed by atoms with Crippen molar-refractivity contribution in [2.24, 2.45) is 5.10 Å². The maximum Gasteiger partial charge on any atom is 0.491 e. The van der Waals surface area contributed by atoms with Gasteiger partial charge in [0.15, 0.2) is 5.65 Å². The van der Waals surface area contributed by atoms with E-state index in [-0.39, 0.29) is 12.1 Å². The Hall–Kier alpha value is -5.25. The summed E-state index contributed by atoms with van der Waals surface area (Å²) in [6.45, 7) is 0. The number of carbonyl (C=O) groups excluding carboxylic acids is 2. The Labute approximate surface area is 212 Å². The highest BCUT2D eigenvalue weighted by atomic mass is 19.4. The van der Waals surface area contributed by atoms with Gasteiger partial charge in [0.25, 0.3) is 0 Å². The van der Waals surface area contributed by atoms with E-state index in [1.165, 1.54) is 12.4 Å². The van der Waals surface area contributed by atoms with Crippen molar-refractivity contribution in [1.82, 2.24) is 24.6 Å². The van der Waals surface area contributed by atoms with Crippen LogP contribution in [-0.2, 0) is 9.53 Å². The molecule has 0 saturated carbocycles. The van der Waals surface area contributed by atoms with Crippen LogP contribution in [0.5, 0.6) is 0 Å². The zero-order valence-electron chi connectivity index (χ0n) is 19.3. The summed E-state index contributed by atoms with van der Waals surface area (Å²) in [5.74, 6) is 2.93. The molecule has 1 unspecified atom stereocenters. The molecule has 1 atom stereocenters. The maximum atomic E-state index is 13.1. The van der Waals surface area contributed by atoms with Crippen LogP contribution in [0.3, 0.4) is 0 Å². The predicted octanol–water partition coefficient (Wildman–Crippen LogP) is 3.92. The molecule has 1 aliphatic heterocycles. The molecule has 1 aliphatic rings. The van der Waals surface area contributed by atoms with E-state index in [9.17, 15) is 22.8 Å². The summed E-state index contributed by atoms with van der Waals surface area (Å²) in [7, 11) is 0. The number of halogens is 3. The number of urea groups is 1. The van der Waals surface area contributed by atoms with E-state index in [1.54, 1.807) is 65.4 Å². The molecule has 190 valence electrons. The highest BCUT2D eigenvalue weighted by Gasteiger charge is 2.44. The molecule has 4 aromatic rings. The first kappa shape index (κ1) is 24.4. The third-order valence-corrected chi connectivity index (χ3v) is 5.32. The second-order valence-electron chi connectivity index (χ2n) is 7.94. The number of ether oxygens (including phenoxy) is 1. The molecule has 0 radical (unpaired) electrons. The van der Waals surface area contributed by atoms with Gasteiger partial charge in [0.2, 0.25) is 5.90 Å². The number of rotatable bonds is 2. The van der Waals surface area contributed by atoms with E-state index in [2.05, 4.69) is 42.1 Å². The predicted molar refractivity (Wildman–Crippen MR) is 127 cm³/mol. The number of pyridine rings is 1. The summed E-state index contributed by atoms with van der Waals surface area (Å²) in [4.78, 5) is 32.7. The molecule has 0 aliphatic carbocycles. The highest BCUT2D eigenvalue weighted by Crippen LogP contribution is 2.32. The number of nitrogens with one attached hydrogen (secondary N) is 1. The van der Waals surface area contributed by atoms with Crippen molar-refractivity contribution in [2.45, 2.75) is 18.6 Å². The molecule has 0 saturated heterocycles. The summed E-state index contributed by atoms with van der Waals surface area (Å²) >= 11 is 0. The van der Waals surface area contributed by atoms with Gasteiger partial charge in [-0.3, -0.25) is 4.98 Å². The molecule has 0 bridgehead atoms. The third-order valence-electron chi connectivity index (χ3n) is 5.32. The van der Waals surface area contributed by atoms with Crippen LogP contribution in [0.1, 0.15) is 29.3 Å². The number of anilines is 1. The number of aromatic nitrogens is 4. The molecule has 3 aromatic heterocycles. The Balaban J connectivity index is 1.36. The van der Waals surface area contributed by atoms with Gasteiger partial charge in [0.1, 0.15) is 5.69 Å². The standard InChI is InChI=1S/C25H16F3N7O3/c26-25(27,28)23(36)38-22-12-20(17-5-2-1-3-6-17)35(33-22)24(37)32-18-11-16(13-29-14-18)8-9-19-15-30-21-7-4-10-31-34(19)21/h1-7,10-11,13-15,20H,12H2,(H,32,37). The number of fused-ring (bicyclic) bond motifs is 1. The van der Waals surface area contributed by atoms with Crippen LogP contribution in [0.2, 0.25) is 0 Å². The van der Waals surface area contributed by atoms with E-state index in [0.29, 0.717) is 22.5 Å². The highest BCUT2D eigenvalue weighted by molar-refractivity contribution is 5.96. The number of hydrazone groups is 1. The van der Waals surface area contributed by atoms with Crippen molar-refractivity contribution < 1.29 is 27.5 Å². The van der Waals surface area contributed by atoms with Gasteiger partial charge in [-0.2, -0.15) is 18.3 Å². The largest absolute Gasteiger partial charge is 0.491 e. The van der Waals surface area contributed by atoms with Gasteiger partial charge in [-0.25, -0.2) is 24.1 Å². The number of nitrogens with zero attached hydrogens (tertiary/aromatic N) is 6. The number of alkyl halides is 3. The fraction of sp³-hybridized carbons (Fsp3) is 0.120. The summed E-state index contributed by atoms with van der Waals surface area (Å²) in [5.41, 5.74) is 2.51. The van der Waals surface area contributed by atoms with Crippen LogP contribution >= 0.6 is 0 Å². The van der Waals surface area contributed by atoms with E-state index in [4.69, 9.17) is 0 Å². The first-order valence-electron chi connectivity index (χ1n) is 11.1. The Morgan fingerprint density at radius 1 is 1.05 bits per heavy atom. The zero-order chi connectivity index (χ0) is 26.7. The monoisotopic (exact) mass is 519 g/mol. The zero-order valence-corrected chi connectivity index (χ0v) is 19.3. The van der Waals surface area contributed by atoms with Crippen LogP contribution in [0.4, 0.5) is 23.7 Å². The summed E-state index contributed by atoms with van der Waals surface area (Å²) in [6.07, 6.45) is 0.627. The van der Waals surface area contributed by atoms with Crippen molar-refractivity contribution in [3.8, 4) is 11.8 Å². The summed E-state index contributed by atoms with van der Waals surface area (Å²) < 4.78 is 44.0. The Bertz CT molecular complexity index is 1610. The van der Waals surface area contributed by atoms with Crippen LogP contribution in [0.25, 0.3) is 5.65 Å². The number of hydrogen-bond donors (Lipinski definition) is 1. The lowest BCUT2D eigenvalue weighted by Gasteiger charge is -2.21. The number of hydrogen-bond acceptors (Lipinski definition) is 7. The Morgan fingerprint density at radius 2 is 1.87 bits per heavy atom. The van der Waals surface area contributed by atoms with Crippen molar-refractivity contribution in [3.63, 3.8) is 0 Å². The molecular weight excluding hydrogens is 503 g/mol. The third kappa shape index (κ3) is 5.29. The van der Waals surface area contributed by atoms with Gasteiger partial charge in [-0.05, 0) is 29.7 Å². The first-order chi connectivity index (χ1) is 18.3. The van der Waals surface area contributed by atoms with E-state index in [0.717, 1.165) is 5.01 Å². The molecule has 4 heterocycles. The van der Waals surface area contributed by atoms with Crippen LogP contribution in [0.15, 0.2) is 78.4 Å². The second kappa shape index (κ2) is 10.0. The molecule has 0 spiro atoms. The lowest BCUT2D eigenvalue weighted by Crippen LogP contribution is -2.31. The molecular formula is C25H16F3N7O3. The van der Waals surface area contributed by atoms with Crippen molar-refractivity contribution in [2.75, 3.05) is 5.32 Å². The van der Waals surface area contributed by atoms with Gasteiger partial charge < -0.3 is 10.1 Å². The van der Waals surface area contributed by atoms with Gasteiger partial charge in [0.05, 0.1) is 30.5 Å². The van der Waals surface area contributed by atoms with Gasteiger partial charge in [0, 0.05) is 18.0 Å². The van der Waals surface area contributed by atoms with E-state index >= 15 is 0 Å². The fourth-order valence-electron chi connectivity index (χ4n) is 3.64. The van der Waals surface area contributed by atoms with Gasteiger partial charge >= 0.3 is 18.2 Å². The maximum absolute atomic E-state index is 13.1. The summed E-state index contributed by atoms with van der Waals surface area (Å²) in [6, 6.07) is 12.1. The average molecular weight is 519 g/mol. The molecule has 38 heavy (non-hydrogen) atoms. The number of benzene rings is 1. The van der Waals surface area contributed by atoms with Gasteiger partial charge in [-0.15, -0.1) is 5.10 Å². The van der Waals surface area contributed by atoms with E-state index < -0.39 is 30.1 Å². The topological polar surface area (TPSA) is 114 Å². The smallest absolute Gasteiger partial charge is 0.403 e. The van der Waals surface area contributed by atoms with Crippen molar-refractivity contribution in [1.29, 1.82) is 0 Å². The van der Waals surface area contributed by atoms with E-state index in [1.807, 2.05) is 0 Å². The van der Waals surface area contributed by atoms with Crippen molar-refractivity contribution in [3.05, 3.63) is 90.1 Å². The average Bonchev–Trinajstić information content (AvgIpc) is 3.52. The minimum Gasteiger partial charge on any atom is -0.403 e. The van der Waals surface area contributed by atoms with Crippen molar-refractivity contribution >= 4 is 29.2 Å². The molecule has 1 N–H and O–H groups in total. The normalized spacial score (nSPS) is 15.0. The van der Waals surface area contributed by atoms with Gasteiger partial charge in [-0.1, -0.05) is 36.3 Å². The molecule has 0 fully saturated rings. The summed E-state index contributed by atoms with van der Waals surface area (Å²) in [5, 5.41) is 11.6. The van der Waals surface area contributed by atoms with Crippen LogP contribution in [0, 0.1) is 11.8 Å². The number of carbonyl (C=O) groups is 2.